The largest absolute Gasteiger partial charge is 0.383 e. The van der Waals surface area contributed by atoms with Crippen molar-refractivity contribution in [2.24, 2.45) is 5.92 Å². The van der Waals surface area contributed by atoms with Gasteiger partial charge >= 0.3 is 6.03 Å². The van der Waals surface area contributed by atoms with Crippen LogP contribution in [-0.4, -0.2) is 36.3 Å². The molecule has 0 saturated heterocycles. The van der Waals surface area contributed by atoms with Crippen molar-refractivity contribution in [1.82, 2.24) is 20.6 Å². The molecule has 2 aromatic rings. The second kappa shape index (κ2) is 7.79. The van der Waals surface area contributed by atoms with Gasteiger partial charge in [-0.05, 0) is 24.5 Å². The molecular formula is C16H24N4O2. The molecule has 1 heterocycles. The average molecular weight is 304 g/mol. The van der Waals surface area contributed by atoms with Crippen molar-refractivity contribution in [3.8, 4) is 0 Å². The lowest BCUT2D eigenvalue weighted by Gasteiger charge is -2.19. The van der Waals surface area contributed by atoms with Gasteiger partial charge in [0.15, 0.2) is 0 Å². The van der Waals surface area contributed by atoms with E-state index in [1.54, 1.807) is 7.11 Å². The molecule has 0 fully saturated rings. The molecule has 3 N–H and O–H groups in total. The maximum absolute atomic E-state index is 12.0. The number of aromatic nitrogens is 2. The second-order valence-corrected chi connectivity index (χ2v) is 5.71. The minimum atomic E-state index is -0.205. The van der Waals surface area contributed by atoms with Gasteiger partial charge in [-0.2, -0.15) is 0 Å². The van der Waals surface area contributed by atoms with Gasteiger partial charge in [0.1, 0.15) is 5.82 Å². The summed E-state index contributed by atoms with van der Waals surface area (Å²) in [6.07, 6.45) is 0.817. The number of nitrogens with one attached hydrogen (secondary N) is 3. The highest BCUT2D eigenvalue weighted by atomic mass is 16.5. The highest BCUT2D eigenvalue weighted by Crippen LogP contribution is 2.21. The Labute approximate surface area is 130 Å². The van der Waals surface area contributed by atoms with Crippen molar-refractivity contribution in [3.05, 3.63) is 30.1 Å². The van der Waals surface area contributed by atoms with Crippen molar-refractivity contribution < 1.29 is 9.53 Å². The minimum Gasteiger partial charge on any atom is -0.383 e. The van der Waals surface area contributed by atoms with Crippen LogP contribution in [0.3, 0.4) is 0 Å². The van der Waals surface area contributed by atoms with Crippen LogP contribution in [0, 0.1) is 5.92 Å². The molecule has 1 atom stereocenters. The van der Waals surface area contributed by atoms with E-state index in [0.717, 1.165) is 23.3 Å². The number of H-pyrrole nitrogens is 1. The van der Waals surface area contributed by atoms with Crippen molar-refractivity contribution in [1.29, 1.82) is 0 Å². The lowest BCUT2D eigenvalue weighted by molar-refractivity contribution is 0.194. The summed E-state index contributed by atoms with van der Waals surface area (Å²) in [5.41, 5.74) is 1.89. The summed E-state index contributed by atoms with van der Waals surface area (Å²) in [7, 11) is 1.61. The number of nitrogens with zero attached hydrogens (tertiary/aromatic N) is 1. The number of methoxy groups -OCH3 is 1. The number of hydrogen-bond donors (Lipinski definition) is 3. The Hall–Kier alpha value is -2.08. The fourth-order valence-corrected chi connectivity index (χ4v) is 2.32. The first kappa shape index (κ1) is 16.3. The molecule has 2 rings (SSSR count). The van der Waals surface area contributed by atoms with Crippen molar-refractivity contribution in [2.45, 2.75) is 26.3 Å². The van der Waals surface area contributed by atoms with E-state index >= 15 is 0 Å². The van der Waals surface area contributed by atoms with Gasteiger partial charge in [0.25, 0.3) is 0 Å². The Morgan fingerprint density at radius 3 is 2.82 bits per heavy atom. The minimum absolute atomic E-state index is 0.144. The highest BCUT2D eigenvalue weighted by molar-refractivity contribution is 5.76. The first-order valence-corrected chi connectivity index (χ1v) is 7.58. The summed E-state index contributed by atoms with van der Waals surface area (Å²) in [6.45, 7) is 5.23. The number of carbonyl (C=O) groups is 1. The van der Waals surface area contributed by atoms with Gasteiger partial charge in [0, 0.05) is 13.7 Å². The van der Waals surface area contributed by atoms with Crippen molar-refractivity contribution >= 4 is 17.1 Å². The summed E-state index contributed by atoms with van der Waals surface area (Å²) in [4.78, 5) is 19.9. The second-order valence-electron chi connectivity index (χ2n) is 5.71. The van der Waals surface area contributed by atoms with Crippen LogP contribution in [0.1, 0.15) is 32.1 Å². The van der Waals surface area contributed by atoms with E-state index < -0.39 is 0 Å². The van der Waals surface area contributed by atoms with Crippen LogP contribution in [0.2, 0.25) is 0 Å². The first-order valence-electron chi connectivity index (χ1n) is 7.58. The molecule has 1 aromatic heterocycles. The Morgan fingerprint density at radius 2 is 2.14 bits per heavy atom. The normalized spacial score (nSPS) is 12.5. The summed E-state index contributed by atoms with van der Waals surface area (Å²) < 4.78 is 4.93. The molecule has 0 spiro atoms. The van der Waals surface area contributed by atoms with Gasteiger partial charge < -0.3 is 20.4 Å². The number of hydrogen-bond acceptors (Lipinski definition) is 3. The monoisotopic (exact) mass is 304 g/mol. The standard InChI is InChI=1S/C16H24N4O2/c1-11(2)10-14(20-16(21)17-8-9-22-3)15-18-12-6-4-5-7-13(12)19-15/h4-7,11,14H,8-10H2,1-3H3,(H,18,19)(H2,17,20,21)/t14-/m0/s1. The zero-order chi connectivity index (χ0) is 15.9. The van der Waals surface area contributed by atoms with Crippen LogP contribution in [0.5, 0.6) is 0 Å². The number of carbonyl (C=O) groups excluding carboxylic acids is 1. The quantitative estimate of drug-likeness (QED) is 0.688. The van der Waals surface area contributed by atoms with E-state index in [1.807, 2.05) is 24.3 Å². The molecule has 0 bridgehead atoms. The predicted molar refractivity (Wildman–Crippen MR) is 86.7 cm³/mol. The summed E-state index contributed by atoms with van der Waals surface area (Å²) >= 11 is 0. The summed E-state index contributed by atoms with van der Waals surface area (Å²) in [5.74, 6) is 1.23. The number of urea groups is 1. The molecule has 0 radical (unpaired) electrons. The van der Waals surface area contributed by atoms with Crippen LogP contribution in [-0.2, 0) is 4.74 Å². The molecule has 22 heavy (non-hydrogen) atoms. The molecular weight excluding hydrogens is 280 g/mol. The molecule has 0 aliphatic heterocycles. The smallest absolute Gasteiger partial charge is 0.315 e. The van der Waals surface area contributed by atoms with E-state index in [-0.39, 0.29) is 12.1 Å². The maximum atomic E-state index is 12.0. The van der Waals surface area contributed by atoms with Crippen molar-refractivity contribution in [3.63, 3.8) is 0 Å². The van der Waals surface area contributed by atoms with E-state index in [4.69, 9.17) is 4.74 Å². The van der Waals surface area contributed by atoms with E-state index in [9.17, 15) is 4.79 Å². The maximum Gasteiger partial charge on any atom is 0.315 e. The topological polar surface area (TPSA) is 79.0 Å². The van der Waals surface area contributed by atoms with Crippen LogP contribution in [0.25, 0.3) is 11.0 Å². The van der Waals surface area contributed by atoms with Gasteiger partial charge in [-0.3, -0.25) is 0 Å². The Bertz CT molecular complexity index is 576. The number of ether oxygens (including phenoxy) is 1. The number of fused-ring (bicyclic) bond motifs is 1. The van der Waals surface area contributed by atoms with Gasteiger partial charge in [-0.25, -0.2) is 9.78 Å². The highest BCUT2D eigenvalue weighted by Gasteiger charge is 2.19. The molecule has 6 heteroatoms. The number of rotatable bonds is 7. The molecule has 1 aromatic carbocycles. The zero-order valence-electron chi connectivity index (χ0n) is 13.3. The first-order chi connectivity index (χ1) is 10.6. The van der Waals surface area contributed by atoms with Crippen molar-refractivity contribution in [2.75, 3.05) is 20.3 Å². The number of aromatic amines is 1. The van der Waals surface area contributed by atoms with Gasteiger partial charge in [0.05, 0.1) is 23.7 Å². The zero-order valence-corrected chi connectivity index (χ0v) is 13.3. The molecule has 0 aliphatic carbocycles. The predicted octanol–water partition coefficient (Wildman–Crippen LogP) is 2.60. The lowest BCUT2D eigenvalue weighted by Crippen LogP contribution is -2.40. The van der Waals surface area contributed by atoms with Gasteiger partial charge in [-0.1, -0.05) is 26.0 Å². The SMILES string of the molecule is COCCNC(=O)N[C@@H](CC(C)C)c1nc2ccccc2[nH]1. The molecule has 0 unspecified atom stereocenters. The lowest BCUT2D eigenvalue weighted by atomic mass is 10.0. The van der Waals surface area contributed by atoms with Gasteiger partial charge in [0.2, 0.25) is 0 Å². The average Bonchev–Trinajstić information content (AvgIpc) is 2.90. The Kier molecular flexibility index (Phi) is 5.77. The van der Waals surface area contributed by atoms with Crippen LogP contribution in [0.4, 0.5) is 4.79 Å². The third kappa shape index (κ3) is 4.46. The molecule has 6 nitrogen and oxygen atoms in total. The third-order valence-corrected chi connectivity index (χ3v) is 3.34. The fraction of sp³-hybridized carbons (Fsp3) is 0.500. The fourth-order valence-electron chi connectivity index (χ4n) is 2.32. The van der Waals surface area contributed by atoms with Crippen LogP contribution < -0.4 is 10.6 Å². The Balaban J connectivity index is 2.09. The Morgan fingerprint density at radius 1 is 1.36 bits per heavy atom. The van der Waals surface area contributed by atoms with Gasteiger partial charge in [-0.15, -0.1) is 0 Å². The number of imidazole rings is 1. The van der Waals surface area contributed by atoms with E-state index in [1.165, 1.54) is 0 Å². The van der Waals surface area contributed by atoms with E-state index in [2.05, 4.69) is 34.4 Å². The third-order valence-electron chi connectivity index (χ3n) is 3.34. The molecule has 0 saturated carbocycles. The summed E-state index contributed by atoms with van der Waals surface area (Å²) in [5, 5.41) is 5.76. The number of amides is 2. The summed E-state index contributed by atoms with van der Waals surface area (Å²) in [6, 6.07) is 7.51. The van der Waals surface area contributed by atoms with E-state index in [0.29, 0.717) is 19.1 Å². The molecule has 0 aliphatic rings. The molecule has 120 valence electrons. The van der Waals surface area contributed by atoms with Crippen LogP contribution in [0.15, 0.2) is 24.3 Å². The number of para-hydroxylation sites is 2. The molecule has 2 amide bonds. The van der Waals surface area contributed by atoms with Crippen LogP contribution >= 0.6 is 0 Å². The number of benzene rings is 1.